The van der Waals surface area contributed by atoms with Crippen molar-refractivity contribution in [2.45, 2.75) is 11.3 Å². The Morgan fingerprint density at radius 3 is 2.47 bits per heavy atom. The largest absolute Gasteiger partial charge is 0.497 e. The van der Waals surface area contributed by atoms with E-state index in [4.69, 9.17) is 9.88 Å². The van der Waals surface area contributed by atoms with Crippen molar-refractivity contribution in [1.82, 2.24) is 4.98 Å². The van der Waals surface area contributed by atoms with Crippen LogP contribution < -0.4 is 9.88 Å². The van der Waals surface area contributed by atoms with Crippen molar-refractivity contribution < 1.29 is 13.2 Å². The molecule has 0 saturated carbocycles. The third-order valence-corrected chi connectivity index (χ3v) is 3.57. The molecule has 19 heavy (non-hydrogen) atoms. The molecule has 0 unspecified atom stereocenters. The van der Waals surface area contributed by atoms with E-state index in [1.165, 1.54) is 18.3 Å². The predicted molar refractivity (Wildman–Crippen MR) is 71.4 cm³/mol. The van der Waals surface area contributed by atoms with Gasteiger partial charge in [0.1, 0.15) is 5.75 Å². The number of nitrogens with two attached hydrogens (primary N) is 1. The van der Waals surface area contributed by atoms with Crippen LogP contribution in [0.1, 0.15) is 11.3 Å². The lowest BCUT2D eigenvalue weighted by molar-refractivity contribution is 0.414. The predicted octanol–water partition coefficient (Wildman–Crippen LogP) is 1.33. The molecule has 2 aromatic rings. The number of hydrogen-bond acceptors (Lipinski definition) is 4. The summed E-state index contributed by atoms with van der Waals surface area (Å²) in [5, 5.41) is 5.08. The van der Waals surface area contributed by atoms with Crippen molar-refractivity contribution in [1.29, 1.82) is 0 Å². The second-order valence-corrected chi connectivity index (χ2v) is 5.61. The van der Waals surface area contributed by atoms with E-state index in [0.717, 1.165) is 11.3 Å². The molecule has 0 fully saturated rings. The number of primary sulfonamides is 1. The Kier molecular flexibility index (Phi) is 3.82. The van der Waals surface area contributed by atoms with E-state index in [0.29, 0.717) is 12.1 Å². The number of ether oxygens (including phenoxy) is 1. The molecule has 100 valence electrons. The molecule has 5 nitrogen and oxygen atoms in total. The average molecular weight is 278 g/mol. The molecule has 0 aliphatic carbocycles. The van der Waals surface area contributed by atoms with E-state index >= 15 is 0 Å². The van der Waals surface area contributed by atoms with Crippen LogP contribution in [-0.4, -0.2) is 20.5 Å². The van der Waals surface area contributed by atoms with Crippen molar-refractivity contribution in [2.24, 2.45) is 5.14 Å². The molecule has 0 aliphatic heterocycles. The fraction of sp³-hybridized carbons (Fsp3) is 0.154. The summed E-state index contributed by atoms with van der Waals surface area (Å²) in [7, 11) is -2.08. The van der Waals surface area contributed by atoms with Crippen LogP contribution in [0.5, 0.6) is 5.75 Å². The number of methoxy groups -OCH3 is 1. The van der Waals surface area contributed by atoms with Gasteiger partial charge in [0.05, 0.1) is 12.0 Å². The summed E-state index contributed by atoms with van der Waals surface area (Å²) >= 11 is 0. The van der Waals surface area contributed by atoms with Gasteiger partial charge in [-0.15, -0.1) is 0 Å². The van der Waals surface area contributed by atoms with Crippen molar-refractivity contribution in [3.8, 4) is 5.75 Å². The molecular formula is C13H14N2O3S. The number of aromatic nitrogens is 1. The fourth-order valence-corrected chi connectivity index (χ4v) is 2.23. The van der Waals surface area contributed by atoms with Gasteiger partial charge in [-0.25, -0.2) is 13.6 Å². The van der Waals surface area contributed by atoms with Crippen LogP contribution in [0.4, 0.5) is 0 Å². The second kappa shape index (κ2) is 5.38. The molecule has 6 heteroatoms. The zero-order valence-corrected chi connectivity index (χ0v) is 11.2. The van der Waals surface area contributed by atoms with Gasteiger partial charge in [-0.1, -0.05) is 12.1 Å². The minimum Gasteiger partial charge on any atom is -0.497 e. The first kappa shape index (κ1) is 13.5. The van der Waals surface area contributed by atoms with Gasteiger partial charge in [0.15, 0.2) is 0 Å². The molecule has 0 aliphatic rings. The van der Waals surface area contributed by atoms with Gasteiger partial charge >= 0.3 is 0 Å². The van der Waals surface area contributed by atoms with Crippen LogP contribution in [0.3, 0.4) is 0 Å². The molecule has 0 atom stereocenters. The summed E-state index contributed by atoms with van der Waals surface area (Å²) in [4.78, 5) is 4.21. The molecule has 0 amide bonds. The molecule has 0 radical (unpaired) electrons. The van der Waals surface area contributed by atoms with Crippen LogP contribution >= 0.6 is 0 Å². The molecular weight excluding hydrogens is 264 g/mol. The first-order valence-corrected chi connectivity index (χ1v) is 7.14. The number of hydrogen-bond donors (Lipinski definition) is 1. The van der Waals surface area contributed by atoms with Crippen molar-refractivity contribution in [2.75, 3.05) is 7.11 Å². The Labute approximate surface area is 112 Å². The highest BCUT2D eigenvalue weighted by Gasteiger charge is 2.09. The van der Waals surface area contributed by atoms with E-state index in [-0.39, 0.29) is 4.90 Å². The third kappa shape index (κ3) is 3.52. The molecule has 2 N–H and O–H groups in total. The Hall–Kier alpha value is -1.92. The standard InChI is InChI=1S/C13H14N2O3S/c1-18-12-4-2-10(3-5-12)8-11-9-13(6-7-15-11)19(14,16)17/h2-7,9H,8H2,1H3,(H2,14,16,17). The first-order valence-electron chi connectivity index (χ1n) is 5.60. The van der Waals surface area contributed by atoms with Gasteiger partial charge in [-0.3, -0.25) is 4.98 Å². The second-order valence-electron chi connectivity index (χ2n) is 4.05. The van der Waals surface area contributed by atoms with Crippen LogP contribution in [0.25, 0.3) is 0 Å². The minimum absolute atomic E-state index is 0.0750. The lowest BCUT2D eigenvalue weighted by atomic mass is 10.1. The van der Waals surface area contributed by atoms with Gasteiger partial charge in [-0.05, 0) is 29.8 Å². The maximum absolute atomic E-state index is 11.3. The Morgan fingerprint density at radius 1 is 1.21 bits per heavy atom. The number of pyridine rings is 1. The summed E-state index contributed by atoms with van der Waals surface area (Å²) in [6, 6.07) is 10.4. The molecule has 1 aromatic heterocycles. The minimum atomic E-state index is -3.69. The third-order valence-electron chi connectivity index (χ3n) is 2.66. The highest BCUT2D eigenvalue weighted by atomic mass is 32.2. The molecule has 0 saturated heterocycles. The smallest absolute Gasteiger partial charge is 0.238 e. The maximum Gasteiger partial charge on any atom is 0.238 e. The highest BCUT2D eigenvalue weighted by Crippen LogP contribution is 2.15. The van der Waals surface area contributed by atoms with E-state index in [1.807, 2.05) is 24.3 Å². The zero-order chi connectivity index (χ0) is 13.9. The number of sulfonamides is 1. The van der Waals surface area contributed by atoms with Crippen molar-refractivity contribution >= 4 is 10.0 Å². The quantitative estimate of drug-likeness (QED) is 0.914. The summed E-state index contributed by atoms with van der Waals surface area (Å²) in [6.45, 7) is 0. The summed E-state index contributed by atoms with van der Waals surface area (Å²) in [6.07, 6.45) is 1.98. The van der Waals surface area contributed by atoms with E-state index in [1.54, 1.807) is 7.11 Å². The van der Waals surface area contributed by atoms with Crippen LogP contribution in [0.15, 0.2) is 47.5 Å². The lowest BCUT2D eigenvalue weighted by Crippen LogP contribution is -2.12. The lowest BCUT2D eigenvalue weighted by Gasteiger charge is -2.04. The molecule has 0 bridgehead atoms. The Balaban J connectivity index is 2.23. The van der Waals surface area contributed by atoms with Crippen LogP contribution in [-0.2, 0) is 16.4 Å². The summed E-state index contributed by atoms with van der Waals surface area (Å²) in [5.74, 6) is 0.773. The first-order chi connectivity index (χ1) is 8.99. The van der Waals surface area contributed by atoms with E-state index in [9.17, 15) is 8.42 Å². The van der Waals surface area contributed by atoms with Crippen molar-refractivity contribution in [3.63, 3.8) is 0 Å². The van der Waals surface area contributed by atoms with Gasteiger partial charge in [0.25, 0.3) is 0 Å². The van der Waals surface area contributed by atoms with E-state index in [2.05, 4.69) is 4.98 Å². The summed E-state index contributed by atoms with van der Waals surface area (Å²) in [5.41, 5.74) is 1.66. The van der Waals surface area contributed by atoms with Crippen LogP contribution in [0.2, 0.25) is 0 Å². The summed E-state index contributed by atoms with van der Waals surface area (Å²) < 4.78 is 27.6. The number of rotatable bonds is 4. The molecule has 2 rings (SSSR count). The average Bonchev–Trinajstić information content (AvgIpc) is 2.39. The molecule has 1 heterocycles. The topological polar surface area (TPSA) is 82.3 Å². The van der Waals surface area contributed by atoms with Crippen LogP contribution in [0, 0.1) is 0 Å². The molecule has 0 spiro atoms. The Bertz CT molecular complexity index is 667. The van der Waals surface area contributed by atoms with Crippen molar-refractivity contribution in [3.05, 3.63) is 53.9 Å². The monoisotopic (exact) mass is 278 g/mol. The Morgan fingerprint density at radius 2 is 1.89 bits per heavy atom. The number of nitrogens with zero attached hydrogens (tertiary/aromatic N) is 1. The van der Waals surface area contributed by atoms with Gasteiger partial charge in [-0.2, -0.15) is 0 Å². The SMILES string of the molecule is COc1ccc(Cc2cc(S(N)(=O)=O)ccn2)cc1. The molecule has 1 aromatic carbocycles. The van der Waals surface area contributed by atoms with Gasteiger partial charge in [0, 0.05) is 18.3 Å². The zero-order valence-electron chi connectivity index (χ0n) is 10.4. The normalized spacial score (nSPS) is 11.3. The van der Waals surface area contributed by atoms with E-state index < -0.39 is 10.0 Å². The maximum atomic E-state index is 11.3. The highest BCUT2D eigenvalue weighted by molar-refractivity contribution is 7.89. The van der Waals surface area contributed by atoms with Gasteiger partial charge in [0.2, 0.25) is 10.0 Å². The fourth-order valence-electron chi connectivity index (χ4n) is 1.68. The van der Waals surface area contributed by atoms with Gasteiger partial charge < -0.3 is 4.74 Å². The number of benzene rings is 1.